The first kappa shape index (κ1) is 15.9. The van der Waals surface area contributed by atoms with Gasteiger partial charge in [-0.2, -0.15) is 0 Å². The molecule has 1 aromatic heterocycles. The first-order valence-electron chi connectivity index (χ1n) is 5.82. The standard InChI is InChI=1S/C10H10N2O2S.C3H6O2/c11-15(13,14)10-5-3-9(4-6-10)12-7-1-2-8-12;1-2-3(4)5/h1-8H,(H2,11,13,14);2H2,1H3,(H,4,5). The van der Waals surface area contributed by atoms with Crippen molar-refractivity contribution >= 4 is 16.0 Å². The average Bonchev–Trinajstić information content (AvgIpc) is 2.92. The molecule has 0 saturated carbocycles. The van der Waals surface area contributed by atoms with Gasteiger partial charge >= 0.3 is 5.97 Å². The predicted octanol–water partition coefficient (Wildman–Crippen LogP) is 1.61. The summed E-state index contributed by atoms with van der Waals surface area (Å²) in [6.45, 7) is 1.60. The fraction of sp³-hybridized carbons (Fsp3) is 0.154. The largest absolute Gasteiger partial charge is 0.481 e. The fourth-order valence-electron chi connectivity index (χ4n) is 1.31. The van der Waals surface area contributed by atoms with E-state index in [0.29, 0.717) is 0 Å². The van der Waals surface area contributed by atoms with Gasteiger partial charge in [0.1, 0.15) is 0 Å². The summed E-state index contributed by atoms with van der Waals surface area (Å²) in [6, 6.07) is 10.2. The number of nitrogens with two attached hydrogens (primary N) is 1. The van der Waals surface area contributed by atoms with Crippen LogP contribution in [0.4, 0.5) is 0 Å². The molecule has 1 aromatic carbocycles. The molecule has 0 aliphatic rings. The van der Waals surface area contributed by atoms with E-state index in [9.17, 15) is 13.2 Å². The second kappa shape index (κ2) is 6.88. The molecule has 7 heteroatoms. The SMILES string of the molecule is CCC(=O)O.NS(=O)(=O)c1ccc(-n2cccc2)cc1. The molecule has 108 valence electrons. The summed E-state index contributed by atoms with van der Waals surface area (Å²) in [6.07, 6.45) is 3.98. The highest BCUT2D eigenvalue weighted by Gasteiger charge is 2.06. The first-order chi connectivity index (χ1) is 9.34. The number of sulfonamides is 1. The lowest BCUT2D eigenvalue weighted by molar-refractivity contribution is -0.136. The summed E-state index contributed by atoms with van der Waals surface area (Å²) in [7, 11) is -3.60. The lowest BCUT2D eigenvalue weighted by Gasteiger charge is -2.03. The molecule has 0 aliphatic carbocycles. The Morgan fingerprint density at radius 1 is 1.20 bits per heavy atom. The zero-order valence-electron chi connectivity index (χ0n) is 10.9. The molecule has 6 nitrogen and oxygen atoms in total. The second-order valence-electron chi connectivity index (χ2n) is 3.88. The van der Waals surface area contributed by atoms with E-state index in [-0.39, 0.29) is 11.3 Å². The van der Waals surface area contributed by atoms with Crippen molar-refractivity contribution in [3.8, 4) is 5.69 Å². The van der Waals surface area contributed by atoms with E-state index in [1.54, 1.807) is 19.1 Å². The molecule has 0 amide bonds. The molecule has 0 bridgehead atoms. The number of carbonyl (C=O) groups is 1. The lowest BCUT2D eigenvalue weighted by Crippen LogP contribution is -2.11. The third kappa shape index (κ3) is 4.87. The van der Waals surface area contributed by atoms with E-state index in [1.807, 2.05) is 29.1 Å². The molecule has 3 N–H and O–H groups in total. The van der Waals surface area contributed by atoms with Gasteiger partial charge < -0.3 is 9.67 Å². The van der Waals surface area contributed by atoms with Gasteiger partial charge in [0, 0.05) is 24.5 Å². The minimum absolute atomic E-state index is 0.124. The molecule has 2 aromatic rings. The molecule has 0 fully saturated rings. The Morgan fingerprint density at radius 3 is 2.00 bits per heavy atom. The highest BCUT2D eigenvalue weighted by Crippen LogP contribution is 2.12. The van der Waals surface area contributed by atoms with Gasteiger partial charge in [0.05, 0.1) is 4.90 Å². The van der Waals surface area contributed by atoms with E-state index in [0.717, 1.165) is 5.69 Å². The van der Waals surface area contributed by atoms with Crippen LogP contribution in [-0.2, 0) is 14.8 Å². The Morgan fingerprint density at radius 2 is 1.65 bits per heavy atom. The van der Waals surface area contributed by atoms with Crippen molar-refractivity contribution in [2.45, 2.75) is 18.2 Å². The van der Waals surface area contributed by atoms with Gasteiger partial charge in [0.2, 0.25) is 10.0 Å². The average molecular weight is 296 g/mol. The summed E-state index contributed by atoms with van der Waals surface area (Å²) in [5.41, 5.74) is 0.896. The van der Waals surface area contributed by atoms with Gasteiger partial charge in [-0.05, 0) is 36.4 Å². The number of aliphatic carboxylic acids is 1. The molecule has 2 rings (SSSR count). The monoisotopic (exact) mass is 296 g/mol. The zero-order chi connectivity index (χ0) is 15.2. The molecule has 0 radical (unpaired) electrons. The van der Waals surface area contributed by atoms with Gasteiger partial charge in [0.15, 0.2) is 0 Å². The quantitative estimate of drug-likeness (QED) is 0.898. The predicted molar refractivity (Wildman–Crippen MR) is 75.1 cm³/mol. The van der Waals surface area contributed by atoms with Crippen LogP contribution >= 0.6 is 0 Å². The number of benzene rings is 1. The van der Waals surface area contributed by atoms with E-state index < -0.39 is 16.0 Å². The molecular weight excluding hydrogens is 280 g/mol. The number of rotatable bonds is 3. The maximum atomic E-state index is 11.0. The van der Waals surface area contributed by atoms with E-state index >= 15 is 0 Å². The molecule has 0 atom stereocenters. The third-order valence-corrected chi connectivity index (χ3v) is 3.30. The molecule has 0 aliphatic heterocycles. The van der Waals surface area contributed by atoms with Crippen molar-refractivity contribution in [2.24, 2.45) is 5.14 Å². The molecule has 0 saturated heterocycles. The Balaban J connectivity index is 0.000000347. The van der Waals surface area contributed by atoms with Crippen molar-refractivity contribution < 1.29 is 18.3 Å². The molecule has 0 unspecified atom stereocenters. The number of hydrogen-bond acceptors (Lipinski definition) is 3. The topological polar surface area (TPSA) is 102 Å². The Bertz CT molecular complexity index is 646. The van der Waals surface area contributed by atoms with Crippen LogP contribution in [0, 0.1) is 0 Å². The maximum absolute atomic E-state index is 11.0. The second-order valence-corrected chi connectivity index (χ2v) is 5.44. The summed E-state index contributed by atoms with van der Waals surface area (Å²) in [4.78, 5) is 9.49. The smallest absolute Gasteiger partial charge is 0.303 e. The maximum Gasteiger partial charge on any atom is 0.303 e. The first-order valence-corrected chi connectivity index (χ1v) is 7.37. The summed E-state index contributed by atoms with van der Waals surface area (Å²) >= 11 is 0. The van der Waals surface area contributed by atoms with Crippen LogP contribution < -0.4 is 5.14 Å². The lowest BCUT2D eigenvalue weighted by atomic mass is 10.3. The number of carboxylic acids is 1. The van der Waals surface area contributed by atoms with Gasteiger partial charge in [-0.15, -0.1) is 0 Å². The van der Waals surface area contributed by atoms with E-state index in [2.05, 4.69) is 0 Å². The van der Waals surface area contributed by atoms with Crippen molar-refractivity contribution in [1.82, 2.24) is 4.57 Å². The summed E-state index contributed by atoms with van der Waals surface area (Å²) < 4.78 is 23.9. The summed E-state index contributed by atoms with van der Waals surface area (Å²) in [5.74, 6) is -0.745. The normalized spacial score (nSPS) is 10.5. The number of carboxylic acid groups (broad SMARTS) is 1. The van der Waals surface area contributed by atoms with Crippen LogP contribution in [0.5, 0.6) is 0 Å². The Labute approximate surface area is 117 Å². The molecule has 20 heavy (non-hydrogen) atoms. The fourth-order valence-corrected chi connectivity index (χ4v) is 1.83. The highest BCUT2D eigenvalue weighted by molar-refractivity contribution is 7.89. The van der Waals surface area contributed by atoms with Gasteiger partial charge in [0.25, 0.3) is 0 Å². The Kier molecular flexibility index (Phi) is 5.48. The number of aromatic nitrogens is 1. The van der Waals surface area contributed by atoms with Crippen molar-refractivity contribution in [3.63, 3.8) is 0 Å². The third-order valence-electron chi connectivity index (χ3n) is 2.37. The van der Waals surface area contributed by atoms with Crippen molar-refractivity contribution in [2.75, 3.05) is 0 Å². The van der Waals surface area contributed by atoms with Gasteiger partial charge in [-0.3, -0.25) is 4.79 Å². The number of primary sulfonamides is 1. The Hall–Kier alpha value is -2.12. The van der Waals surface area contributed by atoms with Crippen LogP contribution in [0.3, 0.4) is 0 Å². The van der Waals surface area contributed by atoms with E-state index in [4.69, 9.17) is 10.2 Å². The number of hydrogen-bond donors (Lipinski definition) is 2. The molecule has 0 spiro atoms. The van der Waals surface area contributed by atoms with Crippen molar-refractivity contribution in [3.05, 3.63) is 48.8 Å². The van der Waals surface area contributed by atoms with Crippen molar-refractivity contribution in [1.29, 1.82) is 0 Å². The zero-order valence-corrected chi connectivity index (χ0v) is 11.7. The highest BCUT2D eigenvalue weighted by atomic mass is 32.2. The molecule has 1 heterocycles. The minimum Gasteiger partial charge on any atom is -0.481 e. The van der Waals surface area contributed by atoms with Crippen LogP contribution in [0.1, 0.15) is 13.3 Å². The van der Waals surface area contributed by atoms with Crippen LogP contribution in [-0.4, -0.2) is 24.1 Å². The van der Waals surface area contributed by atoms with Crippen LogP contribution in [0.2, 0.25) is 0 Å². The van der Waals surface area contributed by atoms with Crippen LogP contribution in [0.25, 0.3) is 5.69 Å². The van der Waals surface area contributed by atoms with Gasteiger partial charge in [-0.25, -0.2) is 13.6 Å². The van der Waals surface area contributed by atoms with E-state index in [1.165, 1.54) is 12.1 Å². The minimum atomic E-state index is -3.60. The molecular formula is C13H16N2O4S. The number of nitrogens with zero attached hydrogens (tertiary/aromatic N) is 1. The van der Waals surface area contributed by atoms with Crippen LogP contribution in [0.15, 0.2) is 53.7 Å². The summed E-state index contributed by atoms with van der Waals surface area (Å²) in [5, 5.41) is 12.7. The van der Waals surface area contributed by atoms with Gasteiger partial charge in [-0.1, -0.05) is 6.92 Å².